The molecule has 0 amide bonds. The number of carbonyl (C=O) groups is 2. The number of benzene rings is 1. The summed E-state index contributed by atoms with van der Waals surface area (Å²) in [6.45, 7) is 0. The van der Waals surface area contributed by atoms with Crippen LogP contribution >= 0.6 is 0 Å². The standard InChI is InChI=1S/C22H29NO2/c1-23(2)20-12-8-16(9-13-20)14-18-10-11-19(22(18)25)15-17-6-4-3-5-7-21(17)24/h8-9,12-14,17,19H,3-7,10-11,15H2,1-2H3/b18-14+. The molecular formula is C22H29NO2. The van der Waals surface area contributed by atoms with Crippen molar-refractivity contribution in [1.29, 1.82) is 0 Å². The van der Waals surface area contributed by atoms with Crippen LogP contribution < -0.4 is 4.90 Å². The van der Waals surface area contributed by atoms with E-state index in [1.165, 1.54) is 0 Å². The molecule has 1 aromatic rings. The SMILES string of the molecule is CN(C)c1ccc(/C=C2\CCC(CC3CCCCCC3=O)C2=O)cc1. The zero-order valence-corrected chi connectivity index (χ0v) is 15.5. The molecule has 134 valence electrons. The summed E-state index contributed by atoms with van der Waals surface area (Å²) in [5, 5.41) is 0. The fraction of sp³-hybridized carbons (Fsp3) is 0.545. The molecule has 1 aromatic carbocycles. The molecule has 0 bridgehead atoms. The maximum absolute atomic E-state index is 12.8. The number of Topliss-reactive ketones (excluding diaryl/α,β-unsaturated/α-hetero) is 2. The highest BCUT2D eigenvalue weighted by Gasteiger charge is 2.33. The lowest BCUT2D eigenvalue weighted by atomic mass is 9.86. The molecule has 2 atom stereocenters. The van der Waals surface area contributed by atoms with Crippen LogP contribution in [0.3, 0.4) is 0 Å². The van der Waals surface area contributed by atoms with E-state index < -0.39 is 0 Å². The van der Waals surface area contributed by atoms with Gasteiger partial charge in [0.15, 0.2) is 5.78 Å². The van der Waals surface area contributed by atoms with Crippen molar-refractivity contribution in [2.24, 2.45) is 11.8 Å². The van der Waals surface area contributed by atoms with Gasteiger partial charge in [-0.2, -0.15) is 0 Å². The van der Waals surface area contributed by atoms with Crippen LogP contribution in [0.2, 0.25) is 0 Å². The van der Waals surface area contributed by atoms with E-state index in [0.29, 0.717) is 12.2 Å². The van der Waals surface area contributed by atoms with Gasteiger partial charge >= 0.3 is 0 Å². The van der Waals surface area contributed by atoms with Crippen molar-refractivity contribution in [3.8, 4) is 0 Å². The van der Waals surface area contributed by atoms with Crippen molar-refractivity contribution in [3.05, 3.63) is 35.4 Å². The zero-order chi connectivity index (χ0) is 17.8. The summed E-state index contributed by atoms with van der Waals surface area (Å²) in [4.78, 5) is 27.1. The van der Waals surface area contributed by atoms with Crippen molar-refractivity contribution in [2.75, 3.05) is 19.0 Å². The summed E-state index contributed by atoms with van der Waals surface area (Å²) in [7, 11) is 4.04. The molecule has 0 N–H and O–H groups in total. The van der Waals surface area contributed by atoms with Crippen LogP contribution in [0.15, 0.2) is 29.8 Å². The van der Waals surface area contributed by atoms with Gasteiger partial charge in [0.2, 0.25) is 0 Å². The molecule has 2 aliphatic carbocycles. The number of ketones is 2. The molecule has 25 heavy (non-hydrogen) atoms. The fourth-order valence-electron chi connectivity index (χ4n) is 4.11. The summed E-state index contributed by atoms with van der Waals surface area (Å²) in [6.07, 6.45) is 9.59. The van der Waals surface area contributed by atoms with Crippen molar-refractivity contribution >= 4 is 23.3 Å². The summed E-state index contributed by atoms with van der Waals surface area (Å²) in [6, 6.07) is 8.29. The third-order valence-electron chi connectivity index (χ3n) is 5.70. The monoisotopic (exact) mass is 339 g/mol. The van der Waals surface area contributed by atoms with E-state index in [4.69, 9.17) is 0 Å². The number of hydrogen-bond donors (Lipinski definition) is 0. The Bertz CT molecular complexity index is 657. The Balaban J connectivity index is 1.65. The van der Waals surface area contributed by atoms with Crippen LogP contribution in [0.1, 0.15) is 56.9 Å². The molecule has 2 fully saturated rings. The molecular weight excluding hydrogens is 310 g/mol. The molecule has 2 aliphatic rings. The molecule has 0 aromatic heterocycles. The first-order chi connectivity index (χ1) is 12.0. The average Bonchev–Trinajstić information content (AvgIpc) is 2.80. The van der Waals surface area contributed by atoms with E-state index in [9.17, 15) is 9.59 Å². The number of allylic oxidation sites excluding steroid dienone is 1. The van der Waals surface area contributed by atoms with Crippen LogP contribution in [-0.2, 0) is 9.59 Å². The average molecular weight is 339 g/mol. The highest BCUT2D eigenvalue weighted by Crippen LogP contribution is 2.35. The van der Waals surface area contributed by atoms with E-state index in [2.05, 4.69) is 29.2 Å². The maximum atomic E-state index is 12.8. The van der Waals surface area contributed by atoms with Crippen molar-refractivity contribution in [1.82, 2.24) is 0 Å². The Morgan fingerprint density at radius 3 is 2.44 bits per heavy atom. The molecule has 0 aliphatic heterocycles. The summed E-state index contributed by atoms with van der Waals surface area (Å²) in [5.74, 6) is 0.838. The van der Waals surface area contributed by atoms with Crippen molar-refractivity contribution < 1.29 is 9.59 Å². The lowest BCUT2D eigenvalue weighted by Gasteiger charge is -2.16. The predicted molar refractivity (Wildman–Crippen MR) is 103 cm³/mol. The largest absolute Gasteiger partial charge is 0.378 e. The fourth-order valence-corrected chi connectivity index (χ4v) is 4.11. The highest BCUT2D eigenvalue weighted by atomic mass is 16.1. The molecule has 2 unspecified atom stereocenters. The van der Waals surface area contributed by atoms with Crippen molar-refractivity contribution in [2.45, 2.75) is 51.4 Å². The first-order valence-corrected chi connectivity index (χ1v) is 9.59. The van der Waals surface area contributed by atoms with Crippen LogP contribution in [-0.4, -0.2) is 25.7 Å². The van der Waals surface area contributed by atoms with Gasteiger partial charge in [-0.25, -0.2) is 0 Å². The lowest BCUT2D eigenvalue weighted by molar-refractivity contribution is -0.124. The minimum absolute atomic E-state index is 0.0550. The molecule has 3 heteroatoms. The van der Waals surface area contributed by atoms with E-state index >= 15 is 0 Å². The molecule has 0 heterocycles. The second-order valence-corrected chi connectivity index (χ2v) is 7.75. The predicted octanol–water partition coefficient (Wildman–Crippen LogP) is 4.65. The van der Waals surface area contributed by atoms with Gasteiger partial charge in [0.05, 0.1) is 0 Å². The molecule has 3 rings (SSSR count). The van der Waals surface area contributed by atoms with Gasteiger partial charge in [-0.05, 0) is 61.4 Å². The molecule has 0 radical (unpaired) electrons. The smallest absolute Gasteiger partial charge is 0.161 e. The summed E-state index contributed by atoms with van der Waals surface area (Å²) >= 11 is 0. The van der Waals surface area contributed by atoms with E-state index in [1.807, 2.05) is 20.2 Å². The molecule has 3 nitrogen and oxygen atoms in total. The molecule has 0 spiro atoms. The second-order valence-electron chi connectivity index (χ2n) is 7.75. The van der Waals surface area contributed by atoms with E-state index in [1.54, 1.807) is 0 Å². The van der Waals surface area contributed by atoms with Gasteiger partial charge < -0.3 is 4.90 Å². The van der Waals surface area contributed by atoms with Gasteiger partial charge in [0.1, 0.15) is 5.78 Å². The first-order valence-electron chi connectivity index (χ1n) is 9.59. The minimum atomic E-state index is 0.0550. The Morgan fingerprint density at radius 1 is 0.960 bits per heavy atom. The molecule has 0 saturated heterocycles. The van der Waals surface area contributed by atoms with Gasteiger partial charge in [-0.15, -0.1) is 0 Å². The van der Waals surface area contributed by atoms with E-state index in [-0.39, 0.29) is 17.6 Å². The number of carbonyl (C=O) groups excluding carboxylic acids is 2. The van der Waals surface area contributed by atoms with Crippen LogP contribution in [0.5, 0.6) is 0 Å². The Hall–Kier alpha value is -1.90. The number of nitrogens with zero attached hydrogens (tertiary/aromatic N) is 1. The third-order valence-corrected chi connectivity index (χ3v) is 5.70. The third kappa shape index (κ3) is 4.39. The molecule has 2 saturated carbocycles. The number of anilines is 1. The van der Waals surface area contributed by atoms with Gasteiger partial charge in [-0.3, -0.25) is 9.59 Å². The van der Waals surface area contributed by atoms with E-state index in [0.717, 1.165) is 61.8 Å². The van der Waals surface area contributed by atoms with Crippen LogP contribution in [0.25, 0.3) is 6.08 Å². The normalized spacial score (nSPS) is 26.1. The van der Waals surface area contributed by atoms with Gasteiger partial charge in [0.25, 0.3) is 0 Å². The number of hydrogen-bond acceptors (Lipinski definition) is 3. The zero-order valence-electron chi connectivity index (χ0n) is 15.5. The second kappa shape index (κ2) is 7.99. The topological polar surface area (TPSA) is 37.4 Å². The first kappa shape index (κ1) is 17.9. The maximum Gasteiger partial charge on any atom is 0.161 e. The number of rotatable bonds is 4. The Morgan fingerprint density at radius 2 is 1.72 bits per heavy atom. The summed E-state index contributed by atoms with van der Waals surface area (Å²) < 4.78 is 0. The van der Waals surface area contributed by atoms with Crippen LogP contribution in [0.4, 0.5) is 5.69 Å². The van der Waals surface area contributed by atoms with Gasteiger partial charge in [-0.1, -0.05) is 25.0 Å². The quantitative estimate of drug-likeness (QED) is 0.592. The van der Waals surface area contributed by atoms with Crippen LogP contribution in [0, 0.1) is 11.8 Å². The lowest BCUT2D eigenvalue weighted by Crippen LogP contribution is -2.19. The summed E-state index contributed by atoms with van der Waals surface area (Å²) in [5.41, 5.74) is 3.17. The van der Waals surface area contributed by atoms with Gasteiger partial charge in [0, 0.05) is 38.0 Å². The minimum Gasteiger partial charge on any atom is -0.378 e. The Kier molecular flexibility index (Phi) is 5.72. The van der Waals surface area contributed by atoms with Crippen molar-refractivity contribution in [3.63, 3.8) is 0 Å². The highest BCUT2D eigenvalue weighted by molar-refractivity contribution is 6.03. The Labute approximate surface area is 151 Å².